The van der Waals surface area contributed by atoms with Crippen molar-refractivity contribution >= 4 is 22.2 Å². The fraction of sp³-hybridized carbons (Fsp3) is 0.235. The van der Waals surface area contributed by atoms with Crippen LogP contribution in [0.2, 0.25) is 0 Å². The lowest BCUT2D eigenvalue weighted by Gasteiger charge is -2.21. The van der Waals surface area contributed by atoms with Crippen molar-refractivity contribution < 1.29 is 4.74 Å². The summed E-state index contributed by atoms with van der Waals surface area (Å²) in [6.07, 6.45) is 1.73. The molecule has 1 aromatic carbocycles. The van der Waals surface area contributed by atoms with Gasteiger partial charge in [-0.25, -0.2) is 0 Å². The lowest BCUT2D eigenvalue weighted by atomic mass is 10.0. The Hall–Kier alpha value is -2.07. The maximum Gasteiger partial charge on any atom is 0.258 e. The van der Waals surface area contributed by atoms with Gasteiger partial charge in [-0.05, 0) is 36.4 Å². The molecule has 3 heterocycles. The number of benzene rings is 1. The Morgan fingerprint density at radius 2 is 2.10 bits per heavy atom. The number of nitrogens with zero attached hydrogens (tertiary/aromatic N) is 1. The van der Waals surface area contributed by atoms with Crippen LogP contribution >= 0.6 is 11.3 Å². The molecule has 106 valence electrons. The number of hydrogen-bond donors (Lipinski definition) is 0. The number of rotatable bonds is 2. The van der Waals surface area contributed by atoms with Crippen molar-refractivity contribution in [3.05, 3.63) is 62.6 Å². The van der Waals surface area contributed by atoms with E-state index in [1.807, 2.05) is 40.3 Å². The maximum atomic E-state index is 12.8. The number of fused-ring (bicyclic) bond motifs is 3. The van der Waals surface area contributed by atoms with Crippen molar-refractivity contribution in [2.75, 3.05) is 6.61 Å². The molecule has 1 aliphatic rings. The molecule has 0 spiro atoms. The molecule has 3 aromatic rings. The van der Waals surface area contributed by atoms with Gasteiger partial charge in [0.15, 0.2) is 0 Å². The van der Waals surface area contributed by atoms with Crippen LogP contribution in [0, 0.1) is 0 Å². The highest BCUT2D eigenvalue weighted by molar-refractivity contribution is 7.09. The Kier molecular flexibility index (Phi) is 3.04. The largest absolute Gasteiger partial charge is 0.492 e. The van der Waals surface area contributed by atoms with Gasteiger partial charge in [0.1, 0.15) is 5.75 Å². The number of thiophene rings is 1. The molecule has 1 aliphatic heterocycles. The minimum absolute atomic E-state index is 0.0943. The number of para-hydroxylation sites is 1. The van der Waals surface area contributed by atoms with E-state index in [0.717, 1.165) is 35.1 Å². The van der Waals surface area contributed by atoms with Crippen LogP contribution in [0.3, 0.4) is 0 Å². The number of aromatic nitrogens is 1. The van der Waals surface area contributed by atoms with Crippen LogP contribution in [-0.2, 0) is 13.0 Å². The van der Waals surface area contributed by atoms with E-state index in [-0.39, 0.29) is 5.56 Å². The minimum Gasteiger partial charge on any atom is -0.492 e. The summed E-state index contributed by atoms with van der Waals surface area (Å²) in [5.74, 6) is 0.796. The Morgan fingerprint density at radius 3 is 2.95 bits per heavy atom. The van der Waals surface area contributed by atoms with Crippen molar-refractivity contribution in [2.45, 2.75) is 19.4 Å². The molecule has 0 bridgehead atoms. The van der Waals surface area contributed by atoms with E-state index in [0.29, 0.717) is 13.2 Å². The van der Waals surface area contributed by atoms with Crippen molar-refractivity contribution in [3.63, 3.8) is 0 Å². The molecule has 3 nitrogen and oxygen atoms in total. The van der Waals surface area contributed by atoms with Gasteiger partial charge in [-0.1, -0.05) is 18.2 Å². The van der Waals surface area contributed by atoms with Crippen LogP contribution < -0.4 is 10.3 Å². The van der Waals surface area contributed by atoms with E-state index in [2.05, 4.69) is 6.07 Å². The number of pyridine rings is 1. The molecular formula is C17H15NO2S. The molecule has 0 fully saturated rings. The van der Waals surface area contributed by atoms with E-state index < -0.39 is 0 Å². The lowest BCUT2D eigenvalue weighted by Crippen LogP contribution is -2.28. The number of hydrogen-bond acceptors (Lipinski definition) is 3. The topological polar surface area (TPSA) is 31.2 Å². The first-order chi connectivity index (χ1) is 10.3. The fourth-order valence-electron chi connectivity index (χ4n) is 2.96. The SMILES string of the molecule is O=c1c2c(c3ccccc3n1Cc1cccs1)OCCC2. The third-order valence-electron chi connectivity index (χ3n) is 3.93. The van der Waals surface area contributed by atoms with E-state index in [1.165, 1.54) is 4.88 Å². The molecule has 4 heteroatoms. The van der Waals surface area contributed by atoms with Gasteiger partial charge in [0.05, 0.1) is 24.2 Å². The van der Waals surface area contributed by atoms with Crippen LogP contribution in [0.5, 0.6) is 5.75 Å². The summed E-state index contributed by atoms with van der Waals surface area (Å²) in [6, 6.07) is 12.1. The molecule has 0 aliphatic carbocycles. The van der Waals surface area contributed by atoms with Gasteiger partial charge in [0.2, 0.25) is 0 Å². The number of ether oxygens (including phenoxy) is 1. The molecule has 21 heavy (non-hydrogen) atoms. The van der Waals surface area contributed by atoms with Crippen molar-refractivity contribution in [1.82, 2.24) is 4.57 Å². The van der Waals surface area contributed by atoms with Crippen molar-refractivity contribution in [2.24, 2.45) is 0 Å². The van der Waals surface area contributed by atoms with Crippen LogP contribution in [0.1, 0.15) is 16.9 Å². The summed E-state index contributed by atoms with van der Waals surface area (Å²) >= 11 is 1.68. The quantitative estimate of drug-likeness (QED) is 0.725. The fourth-order valence-corrected chi connectivity index (χ4v) is 3.65. The maximum absolute atomic E-state index is 12.8. The van der Waals surface area contributed by atoms with Gasteiger partial charge in [0.25, 0.3) is 5.56 Å². The van der Waals surface area contributed by atoms with Crippen LogP contribution in [0.25, 0.3) is 10.9 Å². The Labute approximate surface area is 126 Å². The molecule has 0 saturated heterocycles. The molecule has 0 atom stereocenters. The van der Waals surface area contributed by atoms with E-state index in [9.17, 15) is 4.79 Å². The second kappa shape index (κ2) is 5.04. The van der Waals surface area contributed by atoms with E-state index in [4.69, 9.17) is 4.74 Å². The molecule has 4 rings (SSSR count). The highest BCUT2D eigenvalue weighted by Gasteiger charge is 2.20. The van der Waals surface area contributed by atoms with Gasteiger partial charge in [-0.3, -0.25) is 4.79 Å². The van der Waals surface area contributed by atoms with Gasteiger partial charge in [0, 0.05) is 10.3 Å². The van der Waals surface area contributed by atoms with Crippen molar-refractivity contribution in [1.29, 1.82) is 0 Å². The van der Waals surface area contributed by atoms with Gasteiger partial charge >= 0.3 is 0 Å². The molecule has 2 aromatic heterocycles. The van der Waals surface area contributed by atoms with Crippen LogP contribution in [0.4, 0.5) is 0 Å². The average molecular weight is 297 g/mol. The zero-order chi connectivity index (χ0) is 14.2. The molecular weight excluding hydrogens is 282 g/mol. The predicted octanol–water partition coefficient (Wildman–Crippen LogP) is 3.44. The third kappa shape index (κ3) is 2.07. The van der Waals surface area contributed by atoms with Gasteiger partial charge in [-0.2, -0.15) is 0 Å². The summed E-state index contributed by atoms with van der Waals surface area (Å²) in [5, 5.41) is 3.09. The first-order valence-electron chi connectivity index (χ1n) is 7.14. The Morgan fingerprint density at radius 1 is 1.19 bits per heavy atom. The van der Waals surface area contributed by atoms with Crippen LogP contribution in [-0.4, -0.2) is 11.2 Å². The smallest absolute Gasteiger partial charge is 0.258 e. The summed E-state index contributed by atoms with van der Waals surface area (Å²) in [5.41, 5.74) is 1.88. The summed E-state index contributed by atoms with van der Waals surface area (Å²) < 4.78 is 7.68. The highest BCUT2D eigenvalue weighted by atomic mass is 32.1. The predicted molar refractivity (Wildman–Crippen MR) is 85.4 cm³/mol. The first kappa shape index (κ1) is 12.7. The molecule has 0 unspecified atom stereocenters. The third-order valence-corrected chi connectivity index (χ3v) is 4.79. The molecule has 0 amide bonds. The standard InChI is InChI=1S/C17H15NO2S/c19-17-14-7-3-9-20-16(14)13-6-1-2-8-15(13)18(17)11-12-5-4-10-21-12/h1-2,4-6,8,10H,3,7,9,11H2. The summed E-state index contributed by atoms with van der Waals surface area (Å²) in [6.45, 7) is 1.33. The molecule has 0 saturated carbocycles. The van der Waals surface area contributed by atoms with E-state index in [1.54, 1.807) is 11.3 Å². The highest BCUT2D eigenvalue weighted by Crippen LogP contribution is 2.31. The average Bonchev–Trinajstić information content (AvgIpc) is 3.04. The van der Waals surface area contributed by atoms with E-state index >= 15 is 0 Å². The Balaban J connectivity index is 2.01. The van der Waals surface area contributed by atoms with Gasteiger partial charge < -0.3 is 9.30 Å². The summed E-state index contributed by atoms with van der Waals surface area (Å²) in [7, 11) is 0. The normalized spacial score (nSPS) is 13.9. The lowest BCUT2D eigenvalue weighted by molar-refractivity contribution is 0.290. The molecule has 0 N–H and O–H groups in total. The second-order valence-corrected chi connectivity index (χ2v) is 6.28. The zero-order valence-corrected chi connectivity index (χ0v) is 12.4. The summed E-state index contributed by atoms with van der Waals surface area (Å²) in [4.78, 5) is 14.0. The second-order valence-electron chi connectivity index (χ2n) is 5.25. The first-order valence-corrected chi connectivity index (χ1v) is 8.02. The Bertz CT molecular complexity index is 849. The van der Waals surface area contributed by atoms with Gasteiger partial charge in [-0.15, -0.1) is 11.3 Å². The zero-order valence-electron chi connectivity index (χ0n) is 11.5. The molecule has 0 radical (unpaired) electrons. The minimum atomic E-state index is 0.0943. The van der Waals surface area contributed by atoms with Crippen molar-refractivity contribution in [3.8, 4) is 5.75 Å². The van der Waals surface area contributed by atoms with Crippen LogP contribution in [0.15, 0.2) is 46.6 Å². The monoisotopic (exact) mass is 297 g/mol.